The predicted molar refractivity (Wildman–Crippen MR) is 130 cm³/mol. The average Bonchev–Trinajstić information content (AvgIpc) is 2.83. The highest BCUT2D eigenvalue weighted by molar-refractivity contribution is 9.10. The van der Waals surface area contributed by atoms with Crippen molar-refractivity contribution in [3.05, 3.63) is 82.8 Å². The molecule has 3 rings (SSSR count). The summed E-state index contributed by atoms with van der Waals surface area (Å²) >= 11 is 3.40. The van der Waals surface area contributed by atoms with Gasteiger partial charge in [0.2, 0.25) is 0 Å². The van der Waals surface area contributed by atoms with E-state index in [1.807, 2.05) is 0 Å². The van der Waals surface area contributed by atoms with Crippen molar-refractivity contribution in [3.8, 4) is 11.5 Å². The minimum atomic E-state index is -3.96. The molecule has 1 N–H and O–H groups in total. The van der Waals surface area contributed by atoms with Gasteiger partial charge in [-0.3, -0.25) is 9.10 Å². The van der Waals surface area contributed by atoms with Crippen molar-refractivity contribution in [2.75, 3.05) is 25.1 Å². The highest BCUT2D eigenvalue weighted by Gasteiger charge is 2.26. The Morgan fingerprint density at radius 1 is 1.03 bits per heavy atom. The van der Waals surface area contributed by atoms with E-state index in [-0.39, 0.29) is 4.90 Å². The average molecular weight is 532 g/mol. The number of rotatable bonds is 9. The summed E-state index contributed by atoms with van der Waals surface area (Å²) in [5.41, 5.74) is 3.38. The Morgan fingerprint density at radius 2 is 1.67 bits per heavy atom. The first-order valence-electron chi connectivity index (χ1n) is 9.73. The lowest BCUT2D eigenvalue weighted by atomic mass is 10.2. The lowest BCUT2D eigenvalue weighted by molar-refractivity contribution is -0.119. The first-order chi connectivity index (χ1) is 15.9. The molecule has 0 fully saturated rings. The maximum atomic E-state index is 13.2. The molecule has 0 aliphatic carbocycles. The molecule has 0 saturated heterocycles. The summed E-state index contributed by atoms with van der Waals surface area (Å²) in [6.07, 6.45) is 1.42. The molecule has 0 aromatic heterocycles. The van der Waals surface area contributed by atoms with Crippen LogP contribution in [0.1, 0.15) is 5.56 Å². The van der Waals surface area contributed by atoms with E-state index in [9.17, 15) is 13.2 Å². The second-order valence-corrected chi connectivity index (χ2v) is 9.41. The van der Waals surface area contributed by atoms with Gasteiger partial charge in [-0.1, -0.05) is 36.4 Å². The molecule has 0 aliphatic rings. The Hall–Kier alpha value is -3.37. The van der Waals surface area contributed by atoms with Gasteiger partial charge in [0, 0.05) is 0 Å². The fraction of sp³-hybridized carbons (Fsp3) is 0.130. The van der Waals surface area contributed by atoms with Crippen molar-refractivity contribution in [2.24, 2.45) is 5.10 Å². The molecule has 0 spiro atoms. The van der Waals surface area contributed by atoms with Crippen LogP contribution in [-0.2, 0) is 14.8 Å². The Labute approximate surface area is 201 Å². The van der Waals surface area contributed by atoms with Gasteiger partial charge in [0.05, 0.1) is 35.5 Å². The molecule has 3 aromatic rings. The molecule has 0 aliphatic heterocycles. The molecule has 3 aromatic carbocycles. The normalized spacial score (nSPS) is 11.2. The molecule has 33 heavy (non-hydrogen) atoms. The third kappa shape index (κ3) is 5.91. The minimum Gasteiger partial charge on any atom is -0.493 e. The van der Waals surface area contributed by atoms with Gasteiger partial charge in [0.15, 0.2) is 11.5 Å². The Bertz CT molecular complexity index is 1240. The fourth-order valence-electron chi connectivity index (χ4n) is 2.99. The third-order valence-electron chi connectivity index (χ3n) is 4.52. The zero-order valence-electron chi connectivity index (χ0n) is 17.9. The Kier molecular flexibility index (Phi) is 8.07. The van der Waals surface area contributed by atoms with Crippen LogP contribution in [0.2, 0.25) is 0 Å². The van der Waals surface area contributed by atoms with Gasteiger partial charge < -0.3 is 9.47 Å². The summed E-state index contributed by atoms with van der Waals surface area (Å²) in [6.45, 7) is -0.450. The van der Waals surface area contributed by atoms with Crippen molar-refractivity contribution in [1.29, 1.82) is 0 Å². The van der Waals surface area contributed by atoms with Crippen LogP contribution in [0.3, 0.4) is 0 Å². The summed E-state index contributed by atoms with van der Waals surface area (Å²) < 4.78 is 38.7. The van der Waals surface area contributed by atoms with Crippen molar-refractivity contribution in [1.82, 2.24) is 5.43 Å². The van der Waals surface area contributed by atoms with Crippen molar-refractivity contribution >= 4 is 43.8 Å². The van der Waals surface area contributed by atoms with E-state index in [0.717, 1.165) is 4.31 Å². The molecular formula is C23H22BrN3O5S. The van der Waals surface area contributed by atoms with E-state index in [1.165, 1.54) is 32.6 Å². The molecule has 0 unspecified atom stereocenters. The second-order valence-electron chi connectivity index (χ2n) is 6.69. The molecule has 0 saturated carbocycles. The van der Waals surface area contributed by atoms with Crippen LogP contribution in [0.5, 0.6) is 11.5 Å². The molecule has 0 heterocycles. The van der Waals surface area contributed by atoms with Crippen molar-refractivity contribution in [3.63, 3.8) is 0 Å². The predicted octanol–water partition coefficient (Wildman–Crippen LogP) is 3.81. The number of carbonyl (C=O) groups excluding carboxylic acids is 1. The zero-order valence-corrected chi connectivity index (χ0v) is 20.3. The number of sulfonamides is 1. The molecule has 10 heteroatoms. The fourth-order valence-corrected chi connectivity index (χ4v) is 5.05. The van der Waals surface area contributed by atoms with Crippen molar-refractivity contribution in [2.45, 2.75) is 4.90 Å². The summed E-state index contributed by atoms with van der Waals surface area (Å²) in [5.74, 6) is 0.418. The summed E-state index contributed by atoms with van der Waals surface area (Å²) in [5, 5.41) is 3.95. The van der Waals surface area contributed by atoms with E-state index in [1.54, 1.807) is 60.7 Å². The van der Waals surface area contributed by atoms with Crippen LogP contribution in [-0.4, -0.2) is 41.3 Å². The standard InChI is InChI=1S/C23H22BrN3O5S/c1-31-21-14-17(13-20(24)23(21)32-2)15-25-26-22(28)16-27(18-9-5-3-6-10-18)33(29,30)19-11-7-4-8-12-19/h3-15H,16H2,1-2H3,(H,26,28)/b25-15-. The van der Waals surface area contributed by atoms with Crippen LogP contribution in [0.15, 0.2) is 87.3 Å². The number of carbonyl (C=O) groups is 1. The molecule has 0 atom stereocenters. The van der Waals surface area contributed by atoms with Crippen LogP contribution in [0.25, 0.3) is 0 Å². The number of halogens is 1. The van der Waals surface area contributed by atoms with Gasteiger partial charge in [-0.15, -0.1) is 0 Å². The highest BCUT2D eigenvalue weighted by atomic mass is 79.9. The van der Waals surface area contributed by atoms with Gasteiger partial charge in [0.1, 0.15) is 6.54 Å². The number of hydrogen-bond donors (Lipinski definition) is 1. The number of hydrogen-bond acceptors (Lipinski definition) is 6. The number of para-hydroxylation sites is 1. The van der Waals surface area contributed by atoms with Crippen LogP contribution < -0.4 is 19.2 Å². The van der Waals surface area contributed by atoms with Crippen LogP contribution in [0.4, 0.5) is 5.69 Å². The number of methoxy groups -OCH3 is 2. The third-order valence-corrected chi connectivity index (χ3v) is 6.90. The SMILES string of the molecule is COc1cc(/C=N\NC(=O)CN(c2ccccc2)S(=O)(=O)c2ccccc2)cc(Br)c1OC. The van der Waals surface area contributed by atoms with Gasteiger partial charge in [-0.05, 0) is 57.9 Å². The maximum absolute atomic E-state index is 13.2. The quantitative estimate of drug-likeness (QED) is 0.334. The first kappa shape index (κ1) is 24.3. The molecule has 0 radical (unpaired) electrons. The summed E-state index contributed by atoms with van der Waals surface area (Å²) in [4.78, 5) is 12.7. The van der Waals surface area contributed by atoms with Gasteiger partial charge in [-0.2, -0.15) is 5.10 Å². The smallest absolute Gasteiger partial charge is 0.264 e. The maximum Gasteiger partial charge on any atom is 0.264 e. The lowest BCUT2D eigenvalue weighted by Gasteiger charge is -2.23. The number of ether oxygens (including phenoxy) is 2. The van der Waals surface area contributed by atoms with Crippen molar-refractivity contribution < 1.29 is 22.7 Å². The van der Waals surface area contributed by atoms with E-state index >= 15 is 0 Å². The van der Waals surface area contributed by atoms with E-state index in [0.29, 0.717) is 27.2 Å². The number of anilines is 1. The number of hydrazone groups is 1. The van der Waals surface area contributed by atoms with Crippen LogP contribution >= 0.6 is 15.9 Å². The molecule has 172 valence electrons. The Balaban J connectivity index is 1.79. The molecular weight excluding hydrogens is 510 g/mol. The van der Waals surface area contributed by atoms with Crippen LogP contribution in [0, 0.1) is 0 Å². The highest BCUT2D eigenvalue weighted by Crippen LogP contribution is 2.35. The zero-order chi connectivity index (χ0) is 23.8. The number of nitrogens with one attached hydrogen (secondary N) is 1. The largest absolute Gasteiger partial charge is 0.493 e. The molecule has 0 bridgehead atoms. The van der Waals surface area contributed by atoms with E-state index < -0.39 is 22.5 Å². The minimum absolute atomic E-state index is 0.0836. The Morgan fingerprint density at radius 3 is 2.27 bits per heavy atom. The lowest BCUT2D eigenvalue weighted by Crippen LogP contribution is -2.39. The monoisotopic (exact) mass is 531 g/mol. The number of benzene rings is 3. The van der Waals surface area contributed by atoms with Gasteiger partial charge in [0.25, 0.3) is 15.9 Å². The van der Waals surface area contributed by atoms with E-state index in [4.69, 9.17) is 9.47 Å². The molecule has 8 nitrogen and oxygen atoms in total. The second kappa shape index (κ2) is 11.0. The summed E-state index contributed by atoms with van der Waals surface area (Å²) in [6, 6.07) is 19.8. The van der Waals surface area contributed by atoms with Gasteiger partial charge >= 0.3 is 0 Å². The number of nitrogens with zero attached hydrogens (tertiary/aromatic N) is 2. The molecule has 1 amide bonds. The van der Waals surface area contributed by atoms with Gasteiger partial charge in [-0.25, -0.2) is 13.8 Å². The topological polar surface area (TPSA) is 97.3 Å². The first-order valence-corrected chi connectivity index (χ1v) is 12.0. The summed E-state index contributed by atoms with van der Waals surface area (Å²) in [7, 11) is -0.926. The number of amides is 1. The van der Waals surface area contributed by atoms with E-state index in [2.05, 4.69) is 26.5 Å².